The Kier molecular flexibility index (Phi) is 13.4. The van der Waals surface area contributed by atoms with Gasteiger partial charge < -0.3 is 0 Å². The molecule has 0 aliphatic carbocycles. The number of rotatable bonds is 5. The van der Waals surface area contributed by atoms with Crippen LogP contribution in [0.25, 0.3) is 87.4 Å². The van der Waals surface area contributed by atoms with E-state index in [9.17, 15) is 0 Å². The summed E-state index contributed by atoms with van der Waals surface area (Å²) >= 11 is 0. The van der Waals surface area contributed by atoms with E-state index in [0.29, 0.717) is 0 Å². The van der Waals surface area contributed by atoms with Crippen LogP contribution in [-0.2, 0) is 18.6 Å². The summed E-state index contributed by atoms with van der Waals surface area (Å²) in [6.45, 7) is 13.3. The third-order valence-corrected chi connectivity index (χ3v) is 9.33. The maximum atomic E-state index is 4.67. The summed E-state index contributed by atoms with van der Waals surface area (Å²) in [5.74, 6) is 0. The first-order valence-corrected chi connectivity index (χ1v) is 18.5. The molecule has 3 heteroatoms. The van der Waals surface area contributed by atoms with Crippen LogP contribution in [0.3, 0.4) is 0 Å². The number of allylic oxidation sites excluding steroid dienone is 1. The number of hydrogen-bond acceptors (Lipinski definition) is 2. The Labute approximate surface area is 326 Å². The fourth-order valence-electron chi connectivity index (χ4n) is 7.10. The smallest absolute Gasteiger partial charge is 0.0708 e. The second-order valence-electron chi connectivity index (χ2n) is 12.1. The van der Waals surface area contributed by atoms with Gasteiger partial charge in [-0.25, -0.2) is 0 Å². The average molecular weight is 726 g/mol. The number of pyridine rings is 1. The van der Waals surface area contributed by atoms with E-state index in [1.54, 1.807) is 6.20 Å². The number of nitrogens with zero attached hydrogens (tertiary/aromatic N) is 2. The Balaban J connectivity index is 0.000000446. The molecule has 8 aromatic carbocycles. The normalized spacial score (nSPS) is 10.7. The van der Waals surface area contributed by atoms with Gasteiger partial charge in [0, 0.05) is 36.5 Å². The predicted octanol–water partition coefficient (Wildman–Crippen LogP) is 14.9. The van der Waals surface area contributed by atoms with Gasteiger partial charge in [0.05, 0.1) is 5.69 Å². The molecule has 0 bridgehead atoms. The molecule has 9 rings (SSSR count). The van der Waals surface area contributed by atoms with E-state index in [1.807, 2.05) is 46.0 Å². The Morgan fingerprint density at radius 1 is 0.509 bits per heavy atom. The predicted molar refractivity (Wildman–Crippen MR) is 231 cm³/mol. The molecule has 0 unspecified atom stereocenters. The molecule has 0 fully saturated rings. The summed E-state index contributed by atoms with van der Waals surface area (Å²) in [7, 11) is 0. The Morgan fingerprint density at radius 3 is 1.62 bits per heavy atom. The van der Waals surface area contributed by atoms with Gasteiger partial charge in [-0.1, -0.05) is 168 Å². The molecular weight excluding hydrogens is 680 g/mol. The molecule has 261 valence electrons. The minimum atomic E-state index is 0. The number of benzene rings is 8. The summed E-state index contributed by atoms with van der Waals surface area (Å²) in [6.07, 6.45) is 6.56. The van der Waals surface area contributed by atoms with Crippen LogP contribution in [0.5, 0.6) is 0 Å². The van der Waals surface area contributed by atoms with E-state index in [4.69, 9.17) is 0 Å². The average Bonchev–Trinajstić information content (AvgIpc) is 3.23. The Morgan fingerprint density at radius 2 is 1.04 bits per heavy atom. The number of hydrogen-bond donors (Lipinski definition) is 0. The maximum absolute atomic E-state index is 4.67. The van der Waals surface area contributed by atoms with E-state index in [-0.39, 0.29) is 18.6 Å². The molecule has 1 aromatic heterocycles. The third kappa shape index (κ3) is 7.67. The summed E-state index contributed by atoms with van der Waals surface area (Å²) < 4.78 is 0. The topological polar surface area (TPSA) is 25.2 Å². The zero-order valence-electron chi connectivity index (χ0n) is 31.3. The van der Waals surface area contributed by atoms with Crippen molar-refractivity contribution < 1.29 is 18.6 Å². The minimum absolute atomic E-state index is 0. The molecule has 9 aromatic rings. The van der Waals surface area contributed by atoms with Crippen molar-refractivity contribution in [3.63, 3.8) is 0 Å². The largest absolute Gasteiger partial charge is 0.273 e. The summed E-state index contributed by atoms with van der Waals surface area (Å²) in [6, 6.07) is 53.1. The fraction of sp³-hybridized carbons (Fsp3) is 0.120. The van der Waals surface area contributed by atoms with Gasteiger partial charge >= 0.3 is 0 Å². The van der Waals surface area contributed by atoms with Crippen molar-refractivity contribution in [3.05, 3.63) is 164 Å². The van der Waals surface area contributed by atoms with Crippen molar-refractivity contribution in [1.29, 1.82) is 0 Å². The molecule has 53 heavy (non-hydrogen) atoms. The second-order valence-corrected chi connectivity index (χ2v) is 12.1. The van der Waals surface area contributed by atoms with Gasteiger partial charge in [-0.15, -0.1) is 0 Å². The van der Waals surface area contributed by atoms with Crippen LogP contribution >= 0.6 is 0 Å². The molecule has 2 nitrogen and oxygen atoms in total. The van der Waals surface area contributed by atoms with Gasteiger partial charge in [0.25, 0.3) is 0 Å². The third-order valence-electron chi connectivity index (χ3n) is 9.33. The SMILES string of the molecule is C=N/C=C\CC.CC.CC.[V].c1ccc(-c2ccc3ccc4c(-c5ccc(-c6cc7ccccc7c7ccccc67)cc5)ccc5ccc2c3c54)nc1. The Hall–Kier alpha value is -5.54. The van der Waals surface area contributed by atoms with Crippen molar-refractivity contribution >= 4 is 60.6 Å². The summed E-state index contributed by atoms with van der Waals surface area (Å²) in [5, 5.41) is 12.9. The molecule has 0 spiro atoms. The van der Waals surface area contributed by atoms with Crippen LogP contribution in [0, 0.1) is 0 Å². The molecule has 0 saturated heterocycles. The fourth-order valence-corrected chi connectivity index (χ4v) is 7.10. The van der Waals surface area contributed by atoms with Crippen LogP contribution in [-0.4, -0.2) is 11.7 Å². The quantitative estimate of drug-likeness (QED) is 0.128. The zero-order valence-corrected chi connectivity index (χ0v) is 32.7. The molecule has 0 amide bonds. The van der Waals surface area contributed by atoms with E-state index >= 15 is 0 Å². The van der Waals surface area contributed by atoms with Gasteiger partial charge in [0.2, 0.25) is 0 Å². The van der Waals surface area contributed by atoms with E-state index in [1.165, 1.54) is 81.7 Å². The molecule has 0 N–H and O–H groups in total. The molecule has 1 radical (unpaired) electrons. The molecule has 0 atom stereocenters. The van der Waals surface area contributed by atoms with Gasteiger partial charge in [-0.3, -0.25) is 9.98 Å². The van der Waals surface area contributed by atoms with E-state index in [0.717, 1.165) is 12.1 Å². The van der Waals surface area contributed by atoms with Crippen molar-refractivity contribution in [1.82, 2.24) is 4.98 Å². The van der Waals surface area contributed by atoms with Gasteiger partial charge in [0.15, 0.2) is 0 Å². The number of aliphatic imine (C=N–C) groups is 1. The minimum Gasteiger partial charge on any atom is -0.273 e. The van der Waals surface area contributed by atoms with Crippen molar-refractivity contribution in [2.45, 2.75) is 41.0 Å². The van der Waals surface area contributed by atoms with Crippen molar-refractivity contribution in [2.24, 2.45) is 4.99 Å². The summed E-state index contributed by atoms with van der Waals surface area (Å²) in [5.41, 5.74) is 7.18. The van der Waals surface area contributed by atoms with Crippen LogP contribution in [0.1, 0.15) is 41.0 Å². The molecular formula is C50H46N2V. The standard InChI is InChI=1S/C41H25N.C5H9N.2C2H6.V/c1-2-8-31-30(7-1)25-38(34-10-4-3-9-33(31)34)27-14-12-26(13-15-27)32-20-16-28-19-23-37-35(39-11-5-6-24-42-39)21-17-29-18-22-36(32)40(28)41(29)37;1-3-4-5-6-2;2*1-2;/h1-25H;4-5H,2-3H2,1H3;2*1-2H3;/b;5-4-;;;. The monoisotopic (exact) mass is 725 g/mol. The molecule has 1 heterocycles. The van der Waals surface area contributed by atoms with E-state index < -0.39 is 0 Å². The van der Waals surface area contributed by atoms with Crippen LogP contribution in [0.4, 0.5) is 0 Å². The van der Waals surface area contributed by atoms with Gasteiger partial charge in [-0.05, 0) is 107 Å². The first-order chi connectivity index (χ1) is 25.7. The molecule has 0 saturated carbocycles. The number of aromatic nitrogens is 1. The summed E-state index contributed by atoms with van der Waals surface area (Å²) in [4.78, 5) is 8.16. The van der Waals surface area contributed by atoms with Crippen molar-refractivity contribution in [3.8, 4) is 33.5 Å². The van der Waals surface area contributed by atoms with Crippen LogP contribution in [0.2, 0.25) is 0 Å². The van der Waals surface area contributed by atoms with Crippen LogP contribution in [0.15, 0.2) is 169 Å². The van der Waals surface area contributed by atoms with Gasteiger partial charge in [-0.2, -0.15) is 0 Å². The number of fused-ring (bicyclic) bond motifs is 3. The first kappa shape index (κ1) is 38.7. The second kappa shape index (κ2) is 18.3. The van der Waals surface area contributed by atoms with Crippen LogP contribution < -0.4 is 0 Å². The molecule has 0 aliphatic rings. The van der Waals surface area contributed by atoms with Crippen molar-refractivity contribution in [2.75, 3.05) is 0 Å². The maximum Gasteiger partial charge on any atom is 0.0708 e. The molecule has 0 aliphatic heterocycles. The van der Waals surface area contributed by atoms with E-state index in [2.05, 4.69) is 163 Å². The first-order valence-electron chi connectivity index (χ1n) is 18.5. The van der Waals surface area contributed by atoms with Gasteiger partial charge in [0.1, 0.15) is 0 Å². The Bertz CT molecular complexity index is 2600. The zero-order chi connectivity index (χ0) is 36.5.